The van der Waals surface area contributed by atoms with E-state index in [4.69, 9.17) is 11.6 Å². The van der Waals surface area contributed by atoms with Gasteiger partial charge in [-0.2, -0.15) is 5.10 Å². The van der Waals surface area contributed by atoms with Gasteiger partial charge in [-0.3, -0.25) is 9.67 Å². The second-order valence-corrected chi connectivity index (χ2v) is 9.37. The van der Waals surface area contributed by atoms with E-state index < -0.39 is 0 Å². The van der Waals surface area contributed by atoms with Crippen molar-refractivity contribution in [3.8, 4) is 33.5 Å². The normalized spacial score (nSPS) is 16.3. The molecule has 0 aliphatic carbocycles. The Bertz CT molecular complexity index is 1550. The van der Waals surface area contributed by atoms with Crippen molar-refractivity contribution in [3.63, 3.8) is 0 Å². The number of halogens is 2. The summed E-state index contributed by atoms with van der Waals surface area (Å²) >= 11 is 6.16. The van der Waals surface area contributed by atoms with Crippen LogP contribution in [-0.2, 0) is 0 Å². The van der Waals surface area contributed by atoms with Crippen LogP contribution in [0.15, 0.2) is 73.4 Å². The number of hydrogen-bond donors (Lipinski definition) is 0. The Morgan fingerprint density at radius 3 is 2.74 bits per heavy atom. The van der Waals surface area contributed by atoms with Gasteiger partial charge >= 0.3 is 0 Å². The van der Waals surface area contributed by atoms with Gasteiger partial charge in [-0.1, -0.05) is 11.6 Å². The molecule has 1 fully saturated rings. The number of likely N-dealkylation sites (N-methyl/N-ethyl adjacent to an activating group) is 1. The molecule has 0 amide bonds. The van der Waals surface area contributed by atoms with Crippen LogP contribution in [0, 0.1) is 5.82 Å². The summed E-state index contributed by atoms with van der Waals surface area (Å²) in [6, 6.07) is 12.6. The number of aromatic nitrogens is 5. The Balaban J connectivity index is 1.45. The first-order valence-electron chi connectivity index (χ1n) is 11.4. The van der Waals surface area contributed by atoms with Crippen molar-refractivity contribution in [2.24, 2.45) is 0 Å². The molecule has 1 aliphatic heterocycles. The Labute approximate surface area is 207 Å². The molecule has 5 heterocycles. The Morgan fingerprint density at radius 2 is 1.89 bits per heavy atom. The van der Waals surface area contributed by atoms with Crippen LogP contribution in [-0.4, -0.2) is 49.8 Å². The molecule has 0 radical (unpaired) electrons. The molecule has 6 nitrogen and oxygen atoms in total. The summed E-state index contributed by atoms with van der Waals surface area (Å²) in [5, 5.41) is 5.93. The number of fused-ring (bicyclic) bond motifs is 1. The van der Waals surface area contributed by atoms with Gasteiger partial charge in [0, 0.05) is 64.0 Å². The average Bonchev–Trinajstić information content (AvgIpc) is 3.54. The quantitative estimate of drug-likeness (QED) is 0.318. The van der Waals surface area contributed by atoms with E-state index in [2.05, 4.69) is 48.9 Å². The Kier molecular flexibility index (Phi) is 5.51. The lowest BCUT2D eigenvalue weighted by molar-refractivity contribution is 0.382. The lowest BCUT2D eigenvalue weighted by atomic mass is 9.99. The predicted octanol–water partition coefficient (Wildman–Crippen LogP) is 5.89. The molecule has 0 bridgehead atoms. The summed E-state index contributed by atoms with van der Waals surface area (Å²) in [4.78, 5) is 15.9. The van der Waals surface area contributed by atoms with Gasteiger partial charge in [-0.25, -0.2) is 14.4 Å². The van der Waals surface area contributed by atoms with Gasteiger partial charge in [-0.15, -0.1) is 0 Å². The third-order valence-corrected chi connectivity index (χ3v) is 6.75. The molecule has 6 rings (SSSR count). The number of likely N-dealkylation sites (tertiary alicyclic amines) is 1. The van der Waals surface area contributed by atoms with Gasteiger partial charge < -0.3 is 4.90 Å². The van der Waals surface area contributed by atoms with E-state index >= 15 is 0 Å². The first-order valence-corrected chi connectivity index (χ1v) is 11.8. The monoisotopic (exact) mass is 484 g/mol. The van der Waals surface area contributed by atoms with E-state index in [1.165, 1.54) is 12.1 Å². The van der Waals surface area contributed by atoms with Crippen LogP contribution >= 0.6 is 11.6 Å². The number of nitrogens with zero attached hydrogens (tertiary/aromatic N) is 6. The first kappa shape index (κ1) is 21.8. The Hall–Kier alpha value is -3.68. The fourth-order valence-corrected chi connectivity index (χ4v) is 4.86. The highest BCUT2D eigenvalue weighted by Crippen LogP contribution is 2.34. The van der Waals surface area contributed by atoms with Crippen molar-refractivity contribution in [1.29, 1.82) is 0 Å². The van der Waals surface area contributed by atoms with Crippen molar-refractivity contribution in [1.82, 2.24) is 29.6 Å². The zero-order valence-electron chi connectivity index (χ0n) is 19.1. The topological polar surface area (TPSA) is 59.7 Å². The van der Waals surface area contributed by atoms with Crippen molar-refractivity contribution in [2.75, 3.05) is 20.1 Å². The van der Waals surface area contributed by atoms with Crippen LogP contribution in [0.1, 0.15) is 12.5 Å². The third kappa shape index (κ3) is 4.17. The molecule has 0 saturated carbocycles. The third-order valence-electron chi connectivity index (χ3n) is 6.51. The molecule has 35 heavy (non-hydrogen) atoms. The van der Waals surface area contributed by atoms with Gasteiger partial charge in [0.15, 0.2) is 5.65 Å². The summed E-state index contributed by atoms with van der Waals surface area (Å²) in [6.45, 7) is 2.08. The van der Waals surface area contributed by atoms with Gasteiger partial charge in [0.2, 0.25) is 0 Å². The summed E-state index contributed by atoms with van der Waals surface area (Å²) in [5.74, 6) is -0.389. The SMILES string of the molecule is CN1CC[C@H](n2cc(-c3cncc(-c4cc(-c5cc(Cl)ccc5F)nc5ncccc45)c3)cn2)C1. The van der Waals surface area contributed by atoms with E-state index in [9.17, 15) is 4.39 Å². The molecule has 0 spiro atoms. The maximum atomic E-state index is 14.7. The summed E-state index contributed by atoms with van der Waals surface area (Å²) in [5.41, 5.74) is 5.06. The van der Waals surface area contributed by atoms with E-state index in [1.807, 2.05) is 30.6 Å². The van der Waals surface area contributed by atoms with E-state index in [1.54, 1.807) is 18.5 Å². The van der Waals surface area contributed by atoms with Gasteiger partial charge in [-0.05, 0) is 68.0 Å². The lowest BCUT2D eigenvalue weighted by Crippen LogP contribution is -2.16. The minimum Gasteiger partial charge on any atom is -0.304 e. The predicted molar refractivity (Wildman–Crippen MR) is 136 cm³/mol. The van der Waals surface area contributed by atoms with Crippen molar-refractivity contribution < 1.29 is 4.39 Å². The fraction of sp³-hybridized carbons (Fsp3) is 0.185. The van der Waals surface area contributed by atoms with E-state index in [0.29, 0.717) is 28.0 Å². The van der Waals surface area contributed by atoms with E-state index in [0.717, 1.165) is 47.2 Å². The number of pyridine rings is 3. The fourth-order valence-electron chi connectivity index (χ4n) is 4.69. The van der Waals surface area contributed by atoms with Crippen LogP contribution in [0.2, 0.25) is 5.02 Å². The molecule has 1 atom stereocenters. The van der Waals surface area contributed by atoms with Gasteiger partial charge in [0.05, 0.1) is 17.9 Å². The molecule has 0 N–H and O–H groups in total. The van der Waals surface area contributed by atoms with Crippen LogP contribution < -0.4 is 0 Å². The molecular formula is C27H22ClFN6. The maximum absolute atomic E-state index is 14.7. The van der Waals surface area contributed by atoms with E-state index in [-0.39, 0.29) is 5.82 Å². The summed E-state index contributed by atoms with van der Waals surface area (Å²) < 4.78 is 16.7. The zero-order valence-corrected chi connectivity index (χ0v) is 19.8. The summed E-state index contributed by atoms with van der Waals surface area (Å²) in [7, 11) is 2.13. The first-order chi connectivity index (χ1) is 17.0. The standard InChI is InChI=1S/C27H22ClFN6/c1-34-8-6-21(16-34)35-15-19(14-32-35)17-9-18(13-30-12-17)23-11-26(24-10-20(28)4-5-25(24)29)33-27-22(23)3-2-7-31-27/h2-5,7,9-15,21H,6,8,16H2,1H3/t21-/m0/s1. The van der Waals surface area contributed by atoms with Crippen molar-refractivity contribution >= 4 is 22.6 Å². The van der Waals surface area contributed by atoms with Gasteiger partial charge in [0.25, 0.3) is 0 Å². The average molecular weight is 485 g/mol. The molecule has 1 aliphatic rings. The summed E-state index contributed by atoms with van der Waals surface area (Å²) in [6.07, 6.45) is 10.4. The molecule has 4 aromatic heterocycles. The zero-order chi connectivity index (χ0) is 23.9. The number of rotatable bonds is 4. The largest absolute Gasteiger partial charge is 0.304 e. The second kappa shape index (κ2) is 8.83. The maximum Gasteiger partial charge on any atom is 0.160 e. The lowest BCUT2D eigenvalue weighted by Gasteiger charge is -2.11. The van der Waals surface area contributed by atoms with Crippen LogP contribution in [0.3, 0.4) is 0 Å². The molecule has 5 aromatic rings. The van der Waals surface area contributed by atoms with Crippen molar-refractivity contribution in [3.05, 3.63) is 84.3 Å². The highest BCUT2D eigenvalue weighted by atomic mass is 35.5. The second-order valence-electron chi connectivity index (χ2n) is 8.93. The van der Waals surface area contributed by atoms with Crippen LogP contribution in [0.25, 0.3) is 44.5 Å². The molecule has 174 valence electrons. The Morgan fingerprint density at radius 1 is 1.00 bits per heavy atom. The number of benzene rings is 1. The minimum absolute atomic E-state index is 0.332. The smallest absolute Gasteiger partial charge is 0.160 e. The van der Waals surface area contributed by atoms with Crippen LogP contribution in [0.4, 0.5) is 4.39 Å². The molecule has 8 heteroatoms. The number of hydrogen-bond acceptors (Lipinski definition) is 5. The van der Waals surface area contributed by atoms with Crippen LogP contribution in [0.5, 0.6) is 0 Å². The van der Waals surface area contributed by atoms with Gasteiger partial charge in [0.1, 0.15) is 5.82 Å². The molecule has 1 aromatic carbocycles. The molecule has 1 saturated heterocycles. The highest BCUT2D eigenvalue weighted by Gasteiger charge is 2.22. The highest BCUT2D eigenvalue weighted by molar-refractivity contribution is 6.30. The molecule has 0 unspecified atom stereocenters. The van der Waals surface area contributed by atoms with Crippen molar-refractivity contribution in [2.45, 2.75) is 12.5 Å². The molecular weight excluding hydrogens is 463 g/mol. The minimum atomic E-state index is -0.389.